The molecule has 0 unspecified atom stereocenters. The van der Waals surface area contributed by atoms with E-state index in [0.717, 1.165) is 37.2 Å². The van der Waals surface area contributed by atoms with Crippen molar-refractivity contribution in [1.82, 2.24) is 9.78 Å². The molecule has 1 aromatic heterocycles. The molecule has 17 heavy (non-hydrogen) atoms. The molecule has 1 saturated heterocycles. The van der Waals surface area contributed by atoms with Gasteiger partial charge in [0, 0.05) is 19.8 Å². The molecule has 5 heteroatoms. The molecule has 4 nitrogen and oxygen atoms in total. The molecule has 96 valence electrons. The molecule has 1 aliphatic rings. The van der Waals surface area contributed by atoms with Gasteiger partial charge in [0.15, 0.2) is 0 Å². The third kappa shape index (κ3) is 3.30. The van der Waals surface area contributed by atoms with Crippen LogP contribution in [-0.4, -0.2) is 28.1 Å². The number of aliphatic hydroxyl groups is 1. The summed E-state index contributed by atoms with van der Waals surface area (Å²) in [6, 6.07) is 1.89. The van der Waals surface area contributed by atoms with Crippen molar-refractivity contribution < 1.29 is 9.84 Å². The summed E-state index contributed by atoms with van der Waals surface area (Å²) in [5.74, 6) is 0.620. The highest BCUT2D eigenvalue weighted by molar-refractivity contribution is 9.10. The van der Waals surface area contributed by atoms with Crippen LogP contribution in [0.4, 0.5) is 0 Å². The summed E-state index contributed by atoms with van der Waals surface area (Å²) in [5, 5.41) is 14.4. The molecule has 0 saturated carbocycles. The van der Waals surface area contributed by atoms with Crippen molar-refractivity contribution in [2.45, 2.75) is 38.8 Å². The molecule has 0 atom stereocenters. The molecule has 0 bridgehead atoms. The van der Waals surface area contributed by atoms with E-state index in [1.165, 1.54) is 0 Å². The highest BCUT2D eigenvalue weighted by Crippen LogP contribution is 2.24. The molecule has 2 heterocycles. The molecule has 0 aromatic carbocycles. The van der Waals surface area contributed by atoms with Gasteiger partial charge in [-0.15, -0.1) is 0 Å². The molecule has 0 amide bonds. The lowest BCUT2D eigenvalue weighted by Crippen LogP contribution is -2.22. The molecular weight excluding hydrogens is 284 g/mol. The zero-order chi connectivity index (χ0) is 12.5. The van der Waals surface area contributed by atoms with Gasteiger partial charge in [0.2, 0.25) is 0 Å². The first-order valence-electron chi connectivity index (χ1n) is 6.01. The van der Waals surface area contributed by atoms with Crippen LogP contribution in [0.15, 0.2) is 10.7 Å². The Labute approximate surface area is 110 Å². The van der Waals surface area contributed by atoms with Crippen molar-refractivity contribution in [2.24, 2.45) is 5.92 Å². The van der Waals surface area contributed by atoms with Crippen molar-refractivity contribution in [1.29, 1.82) is 0 Å². The van der Waals surface area contributed by atoms with Crippen LogP contribution in [0.25, 0.3) is 0 Å². The first-order chi connectivity index (χ1) is 7.97. The molecule has 0 aliphatic carbocycles. The summed E-state index contributed by atoms with van der Waals surface area (Å²) in [6.45, 7) is 6.09. The number of aromatic nitrogens is 2. The van der Waals surface area contributed by atoms with E-state index in [2.05, 4.69) is 21.0 Å². The van der Waals surface area contributed by atoms with Crippen molar-refractivity contribution in [3.8, 4) is 0 Å². The maximum absolute atomic E-state index is 9.92. The Morgan fingerprint density at radius 2 is 2.18 bits per heavy atom. The van der Waals surface area contributed by atoms with Crippen molar-refractivity contribution >= 4 is 15.9 Å². The third-order valence-electron chi connectivity index (χ3n) is 3.13. The number of nitrogens with zero attached hydrogens (tertiary/aromatic N) is 2. The highest BCUT2D eigenvalue weighted by Gasteiger charge is 2.22. The predicted octanol–water partition coefficient (Wildman–Crippen LogP) is 2.30. The Hall–Kier alpha value is -0.390. The van der Waals surface area contributed by atoms with Crippen LogP contribution in [0, 0.1) is 5.92 Å². The fraction of sp³-hybridized carbons (Fsp3) is 0.750. The number of hydrogen-bond acceptors (Lipinski definition) is 3. The van der Waals surface area contributed by atoms with Gasteiger partial charge in [0.05, 0.1) is 5.69 Å². The van der Waals surface area contributed by atoms with Gasteiger partial charge in [-0.05, 0) is 54.6 Å². The van der Waals surface area contributed by atoms with Gasteiger partial charge in [0.25, 0.3) is 0 Å². The second kappa shape index (κ2) is 5.08. The summed E-state index contributed by atoms with van der Waals surface area (Å²) >= 11 is 3.49. The summed E-state index contributed by atoms with van der Waals surface area (Å²) in [4.78, 5) is 0. The largest absolute Gasteiger partial charge is 0.384 e. The first-order valence-corrected chi connectivity index (χ1v) is 6.80. The number of ether oxygens (including phenoxy) is 1. The zero-order valence-corrected chi connectivity index (χ0v) is 11.9. The molecule has 1 aromatic rings. The molecule has 1 N–H and O–H groups in total. The van der Waals surface area contributed by atoms with E-state index in [-0.39, 0.29) is 0 Å². The second-order valence-electron chi connectivity index (χ2n) is 5.15. The van der Waals surface area contributed by atoms with Crippen LogP contribution < -0.4 is 0 Å². The van der Waals surface area contributed by atoms with Crippen LogP contribution in [0.1, 0.15) is 32.4 Å². The van der Waals surface area contributed by atoms with Gasteiger partial charge in [-0.1, -0.05) is 0 Å². The monoisotopic (exact) mass is 302 g/mol. The lowest BCUT2D eigenvalue weighted by Gasteiger charge is -2.22. The predicted molar refractivity (Wildman–Crippen MR) is 68.7 cm³/mol. The summed E-state index contributed by atoms with van der Waals surface area (Å²) in [6.07, 6.45) is 2.17. The van der Waals surface area contributed by atoms with E-state index < -0.39 is 5.60 Å². The standard InChI is InChI=1S/C12H19BrN2O2/c1-12(2,16)10-7-11(13)15(14-10)8-9-3-5-17-6-4-9/h7,9,16H,3-6,8H2,1-2H3. The normalized spacial score (nSPS) is 18.6. The molecule has 1 fully saturated rings. The SMILES string of the molecule is CC(C)(O)c1cc(Br)n(CC2CCOCC2)n1. The van der Waals surface area contributed by atoms with E-state index in [9.17, 15) is 5.11 Å². The Morgan fingerprint density at radius 3 is 2.71 bits per heavy atom. The first kappa shape index (κ1) is 13.1. The van der Waals surface area contributed by atoms with E-state index in [0.29, 0.717) is 11.6 Å². The van der Waals surface area contributed by atoms with Crippen LogP contribution in [0.3, 0.4) is 0 Å². The van der Waals surface area contributed by atoms with E-state index >= 15 is 0 Å². The molecule has 2 rings (SSSR count). The van der Waals surface area contributed by atoms with Crippen LogP contribution >= 0.6 is 15.9 Å². The quantitative estimate of drug-likeness (QED) is 0.932. The average molecular weight is 303 g/mol. The Balaban J connectivity index is 2.07. The minimum absolute atomic E-state index is 0.620. The molecule has 1 aliphatic heterocycles. The van der Waals surface area contributed by atoms with Gasteiger partial charge in [-0.2, -0.15) is 5.10 Å². The minimum atomic E-state index is -0.885. The summed E-state index contributed by atoms with van der Waals surface area (Å²) in [5.41, 5.74) is -0.180. The van der Waals surface area contributed by atoms with Crippen LogP contribution in [0.2, 0.25) is 0 Å². The molecule has 0 radical (unpaired) electrons. The average Bonchev–Trinajstić information content (AvgIpc) is 2.62. The fourth-order valence-electron chi connectivity index (χ4n) is 1.99. The summed E-state index contributed by atoms with van der Waals surface area (Å²) < 4.78 is 8.21. The Kier molecular flexibility index (Phi) is 3.90. The fourth-order valence-corrected chi connectivity index (χ4v) is 2.44. The molecular formula is C12H19BrN2O2. The van der Waals surface area contributed by atoms with E-state index in [1.54, 1.807) is 13.8 Å². The highest BCUT2D eigenvalue weighted by atomic mass is 79.9. The topological polar surface area (TPSA) is 47.3 Å². The van der Waals surface area contributed by atoms with Crippen molar-refractivity contribution in [3.05, 3.63) is 16.4 Å². The minimum Gasteiger partial charge on any atom is -0.384 e. The van der Waals surface area contributed by atoms with Crippen LogP contribution in [-0.2, 0) is 16.9 Å². The van der Waals surface area contributed by atoms with Gasteiger partial charge in [0.1, 0.15) is 10.2 Å². The maximum atomic E-state index is 9.92. The lowest BCUT2D eigenvalue weighted by molar-refractivity contribution is 0.0581. The van der Waals surface area contributed by atoms with Gasteiger partial charge < -0.3 is 9.84 Å². The molecule has 0 spiro atoms. The van der Waals surface area contributed by atoms with Gasteiger partial charge in [-0.25, -0.2) is 0 Å². The Morgan fingerprint density at radius 1 is 1.53 bits per heavy atom. The van der Waals surface area contributed by atoms with E-state index in [1.807, 2.05) is 10.7 Å². The zero-order valence-electron chi connectivity index (χ0n) is 10.3. The Bertz CT molecular complexity index is 378. The van der Waals surface area contributed by atoms with Crippen LogP contribution in [0.5, 0.6) is 0 Å². The second-order valence-corrected chi connectivity index (χ2v) is 5.96. The number of halogens is 1. The van der Waals surface area contributed by atoms with Gasteiger partial charge >= 0.3 is 0 Å². The maximum Gasteiger partial charge on any atom is 0.104 e. The van der Waals surface area contributed by atoms with Crippen molar-refractivity contribution in [3.63, 3.8) is 0 Å². The smallest absolute Gasteiger partial charge is 0.104 e. The van der Waals surface area contributed by atoms with Gasteiger partial charge in [-0.3, -0.25) is 4.68 Å². The third-order valence-corrected chi connectivity index (χ3v) is 3.77. The van der Waals surface area contributed by atoms with E-state index in [4.69, 9.17) is 4.74 Å². The number of rotatable bonds is 3. The number of hydrogen-bond donors (Lipinski definition) is 1. The van der Waals surface area contributed by atoms with Crippen molar-refractivity contribution in [2.75, 3.05) is 13.2 Å². The summed E-state index contributed by atoms with van der Waals surface area (Å²) in [7, 11) is 0. The lowest BCUT2D eigenvalue weighted by atomic mass is 10.0.